The molecule has 0 unspecified atom stereocenters. The van der Waals surface area contributed by atoms with Crippen LogP contribution in [0.4, 0.5) is 0 Å². The summed E-state index contributed by atoms with van der Waals surface area (Å²) in [5.41, 5.74) is 2.29. The minimum Gasteiger partial charge on any atom is -0.431 e. The normalized spacial score (nSPS) is 12.3. The average Bonchev–Trinajstić information content (AvgIpc) is 2.43. The third-order valence-corrected chi connectivity index (χ3v) is 2.96. The molecular weight excluding hydrogens is 248 g/mol. The van der Waals surface area contributed by atoms with Gasteiger partial charge in [0.2, 0.25) is 0 Å². The summed E-state index contributed by atoms with van der Waals surface area (Å²) in [5.74, 6) is 0.468. The van der Waals surface area contributed by atoms with Crippen molar-refractivity contribution in [3.05, 3.63) is 59.4 Å². The van der Waals surface area contributed by atoms with Crippen molar-refractivity contribution in [2.24, 2.45) is 0 Å². The third-order valence-electron chi connectivity index (χ3n) is 2.96. The Morgan fingerprint density at radius 2 is 1.85 bits per heavy atom. The Hall–Kier alpha value is -1.83. The van der Waals surface area contributed by atoms with E-state index in [1.807, 2.05) is 43.3 Å². The molecule has 0 heterocycles. The summed E-state index contributed by atoms with van der Waals surface area (Å²) in [4.78, 5) is 11.8. The van der Waals surface area contributed by atoms with Crippen LogP contribution in [0.3, 0.4) is 0 Å². The van der Waals surface area contributed by atoms with Gasteiger partial charge in [-0.15, -0.1) is 0 Å². The number of carbonyl (C=O) groups excluding carboxylic acids is 1. The van der Waals surface area contributed by atoms with Crippen LogP contribution in [-0.4, -0.2) is 5.97 Å². The quantitative estimate of drug-likeness (QED) is 0.404. The van der Waals surface area contributed by atoms with Gasteiger partial charge < -0.3 is 4.74 Å². The van der Waals surface area contributed by atoms with Crippen LogP contribution in [0, 0.1) is 0 Å². The van der Waals surface area contributed by atoms with Crippen LogP contribution in [0.15, 0.2) is 53.8 Å². The van der Waals surface area contributed by atoms with Gasteiger partial charge in [0.15, 0.2) is 0 Å². The van der Waals surface area contributed by atoms with E-state index in [9.17, 15) is 4.79 Å². The fraction of sp³-hybridized carbons (Fsp3) is 0.389. The SMILES string of the molecule is CCC/C=C(\C)C/C=C(\C)OC(=O)Cc1ccccc1. The number of allylic oxidation sites excluding steroid dienone is 4. The Bertz CT molecular complexity index is 469. The van der Waals surface area contributed by atoms with Crippen molar-refractivity contribution in [2.75, 3.05) is 0 Å². The van der Waals surface area contributed by atoms with Crippen LogP contribution in [0.25, 0.3) is 0 Å². The number of hydrogen-bond donors (Lipinski definition) is 0. The first kappa shape index (κ1) is 16.2. The van der Waals surface area contributed by atoms with Crippen LogP contribution < -0.4 is 0 Å². The summed E-state index contributed by atoms with van der Waals surface area (Å²) < 4.78 is 5.30. The van der Waals surface area contributed by atoms with Crippen LogP contribution in [0.5, 0.6) is 0 Å². The highest BCUT2D eigenvalue weighted by molar-refractivity contribution is 5.73. The van der Waals surface area contributed by atoms with Gasteiger partial charge >= 0.3 is 5.97 Å². The zero-order chi connectivity index (χ0) is 14.8. The van der Waals surface area contributed by atoms with E-state index in [4.69, 9.17) is 4.74 Å². The smallest absolute Gasteiger partial charge is 0.315 e. The van der Waals surface area contributed by atoms with Gasteiger partial charge in [-0.3, -0.25) is 4.79 Å². The first-order valence-electron chi connectivity index (χ1n) is 7.18. The lowest BCUT2D eigenvalue weighted by molar-refractivity contribution is -0.138. The largest absolute Gasteiger partial charge is 0.431 e. The molecule has 0 spiro atoms. The Labute approximate surface area is 122 Å². The maximum absolute atomic E-state index is 11.8. The van der Waals surface area contributed by atoms with Gasteiger partial charge in [0.1, 0.15) is 5.76 Å². The molecule has 1 aromatic rings. The van der Waals surface area contributed by atoms with E-state index in [1.54, 1.807) is 0 Å². The molecule has 0 N–H and O–H groups in total. The number of benzene rings is 1. The number of esters is 1. The Kier molecular flexibility index (Phi) is 7.41. The lowest BCUT2D eigenvalue weighted by Gasteiger charge is -2.05. The number of rotatable bonds is 7. The van der Waals surface area contributed by atoms with Crippen molar-refractivity contribution in [1.82, 2.24) is 0 Å². The highest BCUT2D eigenvalue weighted by atomic mass is 16.5. The van der Waals surface area contributed by atoms with Gasteiger partial charge in [-0.2, -0.15) is 0 Å². The summed E-state index contributed by atoms with van der Waals surface area (Å²) in [7, 11) is 0. The molecule has 0 bridgehead atoms. The first-order valence-corrected chi connectivity index (χ1v) is 7.18. The molecule has 20 heavy (non-hydrogen) atoms. The maximum atomic E-state index is 11.8. The molecule has 2 nitrogen and oxygen atoms in total. The van der Waals surface area contributed by atoms with Gasteiger partial charge in [-0.25, -0.2) is 0 Å². The van der Waals surface area contributed by atoms with Crippen molar-refractivity contribution in [3.63, 3.8) is 0 Å². The summed E-state index contributed by atoms with van der Waals surface area (Å²) in [6, 6.07) is 9.64. The Balaban J connectivity index is 2.41. The van der Waals surface area contributed by atoms with Gasteiger partial charge in [-0.05, 0) is 38.3 Å². The highest BCUT2D eigenvalue weighted by Crippen LogP contribution is 2.09. The van der Waals surface area contributed by atoms with Gasteiger partial charge in [0.25, 0.3) is 0 Å². The fourth-order valence-corrected chi connectivity index (χ4v) is 1.80. The van der Waals surface area contributed by atoms with Crippen molar-refractivity contribution < 1.29 is 9.53 Å². The van der Waals surface area contributed by atoms with Crippen LogP contribution in [0.2, 0.25) is 0 Å². The lowest BCUT2D eigenvalue weighted by Crippen LogP contribution is -2.06. The van der Waals surface area contributed by atoms with Crippen molar-refractivity contribution in [2.45, 2.75) is 46.5 Å². The molecule has 0 fully saturated rings. The van der Waals surface area contributed by atoms with E-state index in [1.165, 1.54) is 5.57 Å². The predicted octanol–water partition coefficient (Wildman–Crippen LogP) is 4.81. The van der Waals surface area contributed by atoms with E-state index in [-0.39, 0.29) is 5.97 Å². The second-order valence-electron chi connectivity index (χ2n) is 4.99. The lowest BCUT2D eigenvalue weighted by atomic mass is 10.1. The molecule has 1 rings (SSSR count). The van der Waals surface area contributed by atoms with E-state index in [0.29, 0.717) is 12.2 Å². The molecule has 0 radical (unpaired) electrons. The van der Waals surface area contributed by atoms with Gasteiger partial charge in [-0.1, -0.05) is 55.3 Å². The molecule has 0 aliphatic heterocycles. The van der Waals surface area contributed by atoms with Gasteiger partial charge in [0.05, 0.1) is 6.42 Å². The molecular formula is C18H24O2. The second kappa shape index (κ2) is 9.13. The molecule has 1 aromatic carbocycles. The monoisotopic (exact) mass is 272 g/mol. The molecule has 0 atom stereocenters. The summed E-state index contributed by atoms with van der Waals surface area (Å²) in [6.45, 7) is 6.09. The molecule has 0 aliphatic carbocycles. The fourth-order valence-electron chi connectivity index (χ4n) is 1.80. The molecule has 0 saturated heterocycles. The van der Waals surface area contributed by atoms with E-state index in [0.717, 1.165) is 24.8 Å². The number of hydrogen-bond acceptors (Lipinski definition) is 2. The molecule has 0 aliphatic rings. The zero-order valence-electron chi connectivity index (χ0n) is 12.7. The van der Waals surface area contributed by atoms with Crippen LogP contribution in [0.1, 0.15) is 45.6 Å². The minimum atomic E-state index is -0.208. The zero-order valence-corrected chi connectivity index (χ0v) is 12.7. The van der Waals surface area contributed by atoms with Crippen molar-refractivity contribution in [1.29, 1.82) is 0 Å². The first-order chi connectivity index (χ1) is 9.61. The summed E-state index contributed by atoms with van der Waals surface area (Å²) in [5, 5.41) is 0. The van der Waals surface area contributed by atoms with Crippen LogP contribution in [-0.2, 0) is 16.0 Å². The number of unbranched alkanes of at least 4 members (excludes halogenated alkanes) is 1. The Morgan fingerprint density at radius 3 is 2.50 bits per heavy atom. The van der Waals surface area contributed by atoms with Crippen LogP contribution >= 0.6 is 0 Å². The molecule has 0 saturated carbocycles. The minimum absolute atomic E-state index is 0.208. The molecule has 108 valence electrons. The van der Waals surface area contributed by atoms with E-state index in [2.05, 4.69) is 19.9 Å². The summed E-state index contributed by atoms with van der Waals surface area (Å²) >= 11 is 0. The highest BCUT2D eigenvalue weighted by Gasteiger charge is 2.05. The number of carbonyl (C=O) groups is 1. The second-order valence-corrected chi connectivity index (χ2v) is 4.99. The van der Waals surface area contributed by atoms with E-state index >= 15 is 0 Å². The molecule has 0 aromatic heterocycles. The standard InChI is InChI=1S/C18H24O2/c1-4-5-9-15(2)12-13-16(3)20-18(19)14-17-10-7-6-8-11-17/h6-11,13H,4-5,12,14H2,1-3H3/b15-9+,16-13+. The summed E-state index contributed by atoms with van der Waals surface area (Å²) in [6.07, 6.45) is 7.61. The van der Waals surface area contributed by atoms with E-state index < -0.39 is 0 Å². The molecule has 0 amide bonds. The Morgan fingerprint density at radius 1 is 1.15 bits per heavy atom. The third kappa shape index (κ3) is 6.93. The maximum Gasteiger partial charge on any atom is 0.315 e. The predicted molar refractivity (Wildman–Crippen MR) is 83.3 cm³/mol. The molecule has 2 heteroatoms. The van der Waals surface area contributed by atoms with Gasteiger partial charge in [0, 0.05) is 0 Å². The number of ether oxygens (including phenoxy) is 1. The van der Waals surface area contributed by atoms with Crippen molar-refractivity contribution >= 4 is 5.97 Å². The topological polar surface area (TPSA) is 26.3 Å². The average molecular weight is 272 g/mol. The van der Waals surface area contributed by atoms with Crippen molar-refractivity contribution in [3.8, 4) is 0 Å².